The van der Waals surface area contributed by atoms with Crippen molar-refractivity contribution in [3.63, 3.8) is 0 Å². The molecule has 1 aliphatic carbocycles. The second-order valence-corrected chi connectivity index (χ2v) is 9.79. The second-order valence-electron chi connectivity index (χ2n) is 7.01. The van der Waals surface area contributed by atoms with Gasteiger partial charge in [-0.2, -0.15) is 0 Å². The molecule has 0 fully saturated rings. The third-order valence-electron chi connectivity index (χ3n) is 4.89. The summed E-state index contributed by atoms with van der Waals surface area (Å²) in [6, 6.07) is 15.1. The molecule has 0 radical (unpaired) electrons. The molecular weight excluding hydrogens is 452 g/mol. The number of amides is 1. The minimum atomic E-state index is -3.86. The van der Waals surface area contributed by atoms with E-state index in [1.54, 1.807) is 42.5 Å². The van der Waals surface area contributed by atoms with E-state index >= 15 is 0 Å². The normalized spacial score (nSPS) is 14.2. The van der Waals surface area contributed by atoms with Gasteiger partial charge in [0, 0.05) is 11.0 Å². The van der Waals surface area contributed by atoms with Gasteiger partial charge in [0.15, 0.2) is 0 Å². The monoisotopic (exact) mass is 476 g/mol. The molecule has 0 aromatic heterocycles. The zero-order valence-electron chi connectivity index (χ0n) is 16.2. The van der Waals surface area contributed by atoms with Crippen LogP contribution in [0, 0.1) is 0 Å². The smallest absolute Gasteiger partial charge is 0.264 e. The Balaban J connectivity index is 1.74. The summed E-state index contributed by atoms with van der Waals surface area (Å²) in [7, 11) is -3.86. The van der Waals surface area contributed by atoms with Crippen LogP contribution in [0.1, 0.15) is 32.1 Å². The Morgan fingerprint density at radius 1 is 1.03 bits per heavy atom. The van der Waals surface area contributed by atoms with Gasteiger partial charge < -0.3 is 5.32 Å². The Morgan fingerprint density at radius 3 is 2.41 bits per heavy atom. The highest BCUT2D eigenvalue weighted by Crippen LogP contribution is 2.25. The molecule has 0 unspecified atom stereocenters. The average Bonchev–Trinajstić information content (AvgIpc) is 2.74. The summed E-state index contributed by atoms with van der Waals surface area (Å²) in [4.78, 5) is 12.7. The molecular formula is C22H25BrN2O3S. The zero-order valence-corrected chi connectivity index (χ0v) is 18.6. The lowest BCUT2D eigenvalue weighted by atomic mass is 9.97. The maximum Gasteiger partial charge on any atom is 0.264 e. The van der Waals surface area contributed by atoms with Crippen LogP contribution in [-0.2, 0) is 14.8 Å². The van der Waals surface area contributed by atoms with Gasteiger partial charge in [-0.1, -0.05) is 45.8 Å². The van der Waals surface area contributed by atoms with Crippen molar-refractivity contribution in [2.45, 2.75) is 37.0 Å². The van der Waals surface area contributed by atoms with E-state index in [0.29, 0.717) is 12.2 Å². The fourth-order valence-electron chi connectivity index (χ4n) is 3.32. The fraction of sp³-hybridized carbons (Fsp3) is 0.318. The standard InChI is InChI=1S/C22H25BrN2O3S/c23-19-11-13-20(14-12-19)25(29(27,28)21-9-5-2-6-10-21)17-22(26)24-16-15-18-7-3-1-4-8-18/h2,5-7,9-14H,1,3-4,8,15-17H2,(H,24,26). The van der Waals surface area contributed by atoms with Crippen molar-refractivity contribution in [1.82, 2.24) is 5.32 Å². The Hall–Kier alpha value is -2.12. The van der Waals surface area contributed by atoms with Crippen LogP contribution in [0.25, 0.3) is 0 Å². The molecule has 0 bridgehead atoms. The summed E-state index contributed by atoms with van der Waals surface area (Å²) in [5.74, 6) is -0.316. The molecule has 5 nitrogen and oxygen atoms in total. The maximum absolute atomic E-state index is 13.2. The zero-order chi connectivity index (χ0) is 20.7. The summed E-state index contributed by atoms with van der Waals surface area (Å²) < 4.78 is 28.4. The minimum Gasteiger partial charge on any atom is -0.354 e. The summed E-state index contributed by atoms with van der Waals surface area (Å²) in [6.07, 6.45) is 7.69. The quantitative estimate of drug-likeness (QED) is 0.563. The molecule has 0 atom stereocenters. The predicted octanol–water partition coefficient (Wildman–Crippen LogP) is 4.65. The number of carbonyl (C=O) groups excluding carboxylic acids is 1. The van der Waals surface area contributed by atoms with E-state index in [1.165, 1.54) is 30.5 Å². The molecule has 0 saturated heterocycles. The first kappa shape index (κ1) is 21.6. The summed E-state index contributed by atoms with van der Waals surface area (Å²) in [5.41, 5.74) is 1.82. The molecule has 1 aliphatic rings. The van der Waals surface area contributed by atoms with Crippen LogP contribution in [0.15, 0.2) is 75.6 Å². The van der Waals surface area contributed by atoms with Crippen LogP contribution >= 0.6 is 15.9 Å². The first-order valence-electron chi connectivity index (χ1n) is 9.75. The first-order chi connectivity index (χ1) is 14.0. The number of sulfonamides is 1. The lowest BCUT2D eigenvalue weighted by Crippen LogP contribution is -2.41. The molecule has 154 valence electrons. The number of allylic oxidation sites excluding steroid dienone is 1. The van der Waals surface area contributed by atoms with E-state index in [4.69, 9.17) is 0 Å². The Labute approximate surface area is 181 Å². The van der Waals surface area contributed by atoms with Gasteiger partial charge in [-0.15, -0.1) is 0 Å². The summed E-state index contributed by atoms with van der Waals surface area (Å²) >= 11 is 3.36. The van der Waals surface area contributed by atoms with Gasteiger partial charge in [-0.05, 0) is 68.5 Å². The number of anilines is 1. The molecule has 2 aromatic carbocycles. The third kappa shape index (κ3) is 5.93. The Morgan fingerprint density at radius 2 is 1.76 bits per heavy atom. The highest BCUT2D eigenvalue weighted by atomic mass is 79.9. The number of hydrogen-bond donors (Lipinski definition) is 1. The van der Waals surface area contributed by atoms with Crippen LogP contribution in [0.2, 0.25) is 0 Å². The van der Waals surface area contributed by atoms with Gasteiger partial charge in [-0.3, -0.25) is 9.10 Å². The van der Waals surface area contributed by atoms with Gasteiger partial charge in [0.2, 0.25) is 5.91 Å². The van der Waals surface area contributed by atoms with Crippen molar-refractivity contribution in [2.24, 2.45) is 0 Å². The third-order valence-corrected chi connectivity index (χ3v) is 7.20. The van der Waals surface area contributed by atoms with Crippen LogP contribution in [0.4, 0.5) is 5.69 Å². The number of hydrogen-bond acceptors (Lipinski definition) is 3. The van der Waals surface area contributed by atoms with Crippen molar-refractivity contribution in [2.75, 3.05) is 17.4 Å². The molecule has 0 aliphatic heterocycles. The van der Waals surface area contributed by atoms with E-state index < -0.39 is 10.0 Å². The highest BCUT2D eigenvalue weighted by Gasteiger charge is 2.27. The van der Waals surface area contributed by atoms with Crippen LogP contribution in [-0.4, -0.2) is 27.4 Å². The van der Waals surface area contributed by atoms with Gasteiger partial charge in [0.25, 0.3) is 10.0 Å². The van der Waals surface area contributed by atoms with Crippen molar-refractivity contribution in [3.8, 4) is 0 Å². The van der Waals surface area contributed by atoms with E-state index in [-0.39, 0.29) is 17.3 Å². The van der Waals surface area contributed by atoms with E-state index in [9.17, 15) is 13.2 Å². The highest BCUT2D eigenvalue weighted by molar-refractivity contribution is 9.10. The number of benzene rings is 2. The molecule has 0 spiro atoms. The lowest BCUT2D eigenvalue weighted by molar-refractivity contribution is -0.119. The van der Waals surface area contributed by atoms with Crippen LogP contribution in [0.3, 0.4) is 0 Å². The Bertz CT molecular complexity index is 957. The molecule has 0 saturated carbocycles. The fourth-order valence-corrected chi connectivity index (χ4v) is 5.03. The van der Waals surface area contributed by atoms with Crippen LogP contribution in [0.5, 0.6) is 0 Å². The van der Waals surface area contributed by atoms with E-state index in [0.717, 1.165) is 28.0 Å². The summed E-state index contributed by atoms with van der Waals surface area (Å²) in [6.45, 7) is 0.252. The Kier molecular flexibility index (Phi) is 7.50. The van der Waals surface area contributed by atoms with Crippen molar-refractivity contribution in [3.05, 3.63) is 70.7 Å². The van der Waals surface area contributed by atoms with E-state index in [2.05, 4.69) is 27.3 Å². The SMILES string of the molecule is O=C(CN(c1ccc(Br)cc1)S(=O)(=O)c1ccccc1)NCCC1=CCCCC1. The van der Waals surface area contributed by atoms with Crippen LogP contribution < -0.4 is 9.62 Å². The number of nitrogens with one attached hydrogen (secondary N) is 1. The molecule has 2 aromatic rings. The molecule has 1 amide bonds. The molecule has 7 heteroatoms. The van der Waals surface area contributed by atoms with E-state index in [1.807, 2.05) is 0 Å². The van der Waals surface area contributed by atoms with Crippen molar-refractivity contribution >= 4 is 37.5 Å². The van der Waals surface area contributed by atoms with Crippen molar-refractivity contribution in [1.29, 1.82) is 0 Å². The predicted molar refractivity (Wildman–Crippen MR) is 119 cm³/mol. The topological polar surface area (TPSA) is 66.5 Å². The minimum absolute atomic E-state index is 0.156. The largest absolute Gasteiger partial charge is 0.354 e. The first-order valence-corrected chi connectivity index (χ1v) is 12.0. The van der Waals surface area contributed by atoms with Crippen molar-refractivity contribution < 1.29 is 13.2 Å². The number of halogens is 1. The molecule has 1 N–H and O–H groups in total. The van der Waals surface area contributed by atoms with Gasteiger partial charge in [0.1, 0.15) is 6.54 Å². The maximum atomic E-state index is 13.2. The second kappa shape index (κ2) is 10.1. The number of rotatable bonds is 8. The average molecular weight is 477 g/mol. The van der Waals surface area contributed by atoms with Gasteiger partial charge >= 0.3 is 0 Å². The number of nitrogens with zero attached hydrogens (tertiary/aromatic N) is 1. The number of carbonyl (C=O) groups is 1. The summed E-state index contributed by atoms with van der Waals surface area (Å²) in [5, 5.41) is 2.87. The molecule has 3 rings (SSSR count). The van der Waals surface area contributed by atoms with Gasteiger partial charge in [-0.25, -0.2) is 8.42 Å². The molecule has 0 heterocycles. The lowest BCUT2D eigenvalue weighted by Gasteiger charge is -2.24. The molecule has 29 heavy (non-hydrogen) atoms. The van der Waals surface area contributed by atoms with Gasteiger partial charge in [0.05, 0.1) is 10.6 Å².